The Morgan fingerprint density at radius 2 is 1.89 bits per heavy atom. The molecule has 0 aromatic heterocycles. The lowest BCUT2D eigenvalue weighted by atomic mass is 9.66. The van der Waals surface area contributed by atoms with Gasteiger partial charge in [-0.05, 0) is 24.1 Å². The van der Waals surface area contributed by atoms with Gasteiger partial charge in [-0.25, -0.2) is 0 Å². The Balaban J connectivity index is 1.31. The van der Waals surface area contributed by atoms with Crippen LogP contribution in [0.5, 0.6) is 11.5 Å². The van der Waals surface area contributed by atoms with Gasteiger partial charge < -0.3 is 19.3 Å². The number of nitrogens with zero attached hydrogens (tertiary/aromatic N) is 1. The second-order valence-corrected chi connectivity index (χ2v) is 7.88. The Hall–Kier alpha value is -2.71. The van der Waals surface area contributed by atoms with Crippen LogP contribution in [0, 0.1) is 17.8 Å². The molecule has 0 radical (unpaired) electrons. The van der Waals surface area contributed by atoms with E-state index in [1.807, 2.05) is 0 Å². The number of hydrogen-bond donors (Lipinski definition) is 1. The van der Waals surface area contributed by atoms with Gasteiger partial charge in [0.05, 0.1) is 24.5 Å². The van der Waals surface area contributed by atoms with E-state index in [1.54, 1.807) is 24.3 Å². The summed E-state index contributed by atoms with van der Waals surface area (Å²) >= 11 is 0. The fourth-order valence-corrected chi connectivity index (χ4v) is 5.05. The minimum absolute atomic E-state index is 0.121. The molecule has 2 amide bonds. The third-order valence-corrected chi connectivity index (χ3v) is 6.46. The number of aliphatic hydroxyl groups excluding tert-OH is 1. The predicted octanol–water partition coefficient (Wildman–Crippen LogP) is 0.174. The number of rotatable bonds is 2. The van der Waals surface area contributed by atoms with Crippen LogP contribution < -0.4 is 9.47 Å². The molecule has 8 nitrogen and oxygen atoms in total. The maximum Gasteiger partial charge on any atom is 0.234 e. The van der Waals surface area contributed by atoms with E-state index >= 15 is 0 Å². The van der Waals surface area contributed by atoms with Crippen LogP contribution in [-0.4, -0.2) is 52.7 Å². The van der Waals surface area contributed by atoms with E-state index in [9.17, 15) is 19.5 Å². The highest BCUT2D eigenvalue weighted by molar-refractivity contribution is 6.09. The Morgan fingerprint density at radius 3 is 2.75 bits per heavy atom. The van der Waals surface area contributed by atoms with Crippen LogP contribution >= 0.6 is 0 Å². The van der Waals surface area contributed by atoms with E-state index in [0.717, 1.165) is 5.56 Å². The van der Waals surface area contributed by atoms with Gasteiger partial charge in [0.1, 0.15) is 12.2 Å². The zero-order chi connectivity index (χ0) is 19.2. The summed E-state index contributed by atoms with van der Waals surface area (Å²) in [4.78, 5) is 39.8. The second-order valence-electron chi connectivity index (χ2n) is 7.88. The molecular weight excluding hydrogens is 366 g/mol. The largest absolute Gasteiger partial charge is 0.454 e. The maximum absolute atomic E-state index is 13.2. The van der Waals surface area contributed by atoms with Crippen molar-refractivity contribution in [3.05, 3.63) is 35.4 Å². The molecule has 8 heteroatoms. The SMILES string of the molecule is O=C1C2=CC[C@H]3C(=O)N(Cc4ccc5c(c4)OCO5)C(=O)[C@@H]3[C@@H]2[C@H](O)[C@@H]2O[C@H]12. The lowest BCUT2D eigenvalue weighted by molar-refractivity contribution is -0.141. The molecule has 1 saturated carbocycles. The smallest absolute Gasteiger partial charge is 0.234 e. The summed E-state index contributed by atoms with van der Waals surface area (Å²) in [5.41, 5.74) is 1.20. The van der Waals surface area contributed by atoms with E-state index < -0.39 is 36.1 Å². The third kappa shape index (κ3) is 2.04. The summed E-state index contributed by atoms with van der Waals surface area (Å²) in [7, 11) is 0. The number of likely N-dealkylation sites (tertiary alicyclic amines) is 1. The molecule has 1 aromatic carbocycles. The highest BCUT2D eigenvalue weighted by Gasteiger charge is 2.65. The van der Waals surface area contributed by atoms with Crippen LogP contribution in [0.2, 0.25) is 0 Å². The van der Waals surface area contributed by atoms with Crippen molar-refractivity contribution < 1.29 is 33.7 Å². The molecule has 1 aromatic rings. The van der Waals surface area contributed by atoms with Crippen LogP contribution in [-0.2, 0) is 25.7 Å². The Labute approximate surface area is 159 Å². The van der Waals surface area contributed by atoms with Gasteiger partial charge in [0.15, 0.2) is 17.3 Å². The topological polar surface area (TPSA) is 106 Å². The summed E-state index contributed by atoms with van der Waals surface area (Å²) in [6.45, 7) is 0.271. The Kier molecular flexibility index (Phi) is 3.15. The molecule has 2 saturated heterocycles. The van der Waals surface area contributed by atoms with Gasteiger partial charge in [-0.2, -0.15) is 0 Å². The fourth-order valence-electron chi connectivity index (χ4n) is 5.05. The highest BCUT2D eigenvalue weighted by Crippen LogP contribution is 2.51. The first-order valence-electron chi connectivity index (χ1n) is 9.36. The molecule has 6 rings (SSSR count). The minimum atomic E-state index is -0.941. The maximum atomic E-state index is 13.2. The number of aliphatic hydroxyl groups is 1. The van der Waals surface area contributed by atoms with Crippen LogP contribution in [0.3, 0.4) is 0 Å². The van der Waals surface area contributed by atoms with E-state index in [1.165, 1.54) is 4.90 Å². The van der Waals surface area contributed by atoms with Crippen LogP contribution in [0.4, 0.5) is 0 Å². The lowest BCUT2D eigenvalue weighted by Gasteiger charge is -2.35. The molecule has 2 aliphatic carbocycles. The van der Waals surface area contributed by atoms with Gasteiger partial charge in [-0.1, -0.05) is 12.1 Å². The van der Waals surface area contributed by atoms with Gasteiger partial charge in [0, 0.05) is 11.5 Å². The van der Waals surface area contributed by atoms with E-state index in [4.69, 9.17) is 14.2 Å². The number of benzene rings is 1. The lowest BCUT2D eigenvalue weighted by Crippen LogP contribution is -2.47. The van der Waals surface area contributed by atoms with Gasteiger partial charge in [-0.3, -0.25) is 19.3 Å². The Morgan fingerprint density at radius 1 is 1.07 bits per heavy atom. The first-order valence-corrected chi connectivity index (χ1v) is 9.36. The molecule has 5 aliphatic rings. The molecule has 3 fully saturated rings. The number of Topliss-reactive ketones (excluding diaryl/α,β-unsaturated/α-hetero) is 1. The molecule has 3 heterocycles. The third-order valence-electron chi connectivity index (χ3n) is 6.46. The number of fused-ring (bicyclic) bond motifs is 5. The molecule has 6 atom stereocenters. The molecule has 3 aliphatic heterocycles. The number of amides is 2. The highest BCUT2D eigenvalue weighted by atomic mass is 16.7. The first kappa shape index (κ1) is 16.3. The molecule has 0 spiro atoms. The van der Waals surface area contributed by atoms with Crippen molar-refractivity contribution in [1.82, 2.24) is 4.90 Å². The number of ketones is 1. The van der Waals surface area contributed by atoms with Gasteiger partial charge in [0.25, 0.3) is 0 Å². The van der Waals surface area contributed by atoms with Crippen molar-refractivity contribution >= 4 is 17.6 Å². The summed E-state index contributed by atoms with van der Waals surface area (Å²) in [6, 6.07) is 5.31. The molecule has 0 unspecified atom stereocenters. The zero-order valence-corrected chi connectivity index (χ0v) is 14.7. The average Bonchev–Trinajstić information content (AvgIpc) is 3.32. The minimum Gasteiger partial charge on any atom is -0.454 e. The van der Waals surface area contributed by atoms with Gasteiger partial charge in [0.2, 0.25) is 18.6 Å². The molecular formula is C20H17NO7. The van der Waals surface area contributed by atoms with Gasteiger partial charge >= 0.3 is 0 Å². The van der Waals surface area contributed by atoms with Crippen LogP contribution in [0.1, 0.15) is 12.0 Å². The van der Waals surface area contributed by atoms with Crippen molar-refractivity contribution in [2.45, 2.75) is 31.3 Å². The van der Waals surface area contributed by atoms with Crippen molar-refractivity contribution in [3.63, 3.8) is 0 Å². The average molecular weight is 383 g/mol. The fraction of sp³-hybridized carbons (Fsp3) is 0.450. The number of carbonyl (C=O) groups excluding carboxylic acids is 3. The number of hydrogen-bond acceptors (Lipinski definition) is 7. The monoisotopic (exact) mass is 383 g/mol. The second kappa shape index (κ2) is 5.42. The number of allylic oxidation sites excluding steroid dienone is 1. The molecule has 1 N–H and O–H groups in total. The number of imide groups is 1. The van der Waals surface area contributed by atoms with Crippen molar-refractivity contribution in [2.75, 3.05) is 6.79 Å². The summed E-state index contributed by atoms with van der Waals surface area (Å²) < 4.78 is 15.9. The standard InChI is InChI=1S/C20H17NO7/c22-15-9-2-3-10-14(13(9)16(23)18-17(15)28-18)20(25)21(19(10)24)6-8-1-4-11-12(5-8)27-7-26-11/h1-2,4-5,10,13-14,16-18,23H,3,6-7H2/t10-,13-,14+,16+,17-,18+/m1/s1. The van der Waals surface area contributed by atoms with Crippen LogP contribution in [0.25, 0.3) is 0 Å². The number of ether oxygens (including phenoxy) is 3. The zero-order valence-electron chi connectivity index (χ0n) is 14.7. The number of epoxide rings is 1. The number of carbonyl (C=O) groups is 3. The molecule has 28 heavy (non-hydrogen) atoms. The van der Waals surface area contributed by atoms with Crippen molar-refractivity contribution in [1.29, 1.82) is 0 Å². The predicted molar refractivity (Wildman–Crippen MR) is 91.0 cm³/mol. The van der Waals surface area contributed by atoms with Crippen LogP contribution in [0.15, 0.2) is 29.8 Å². The molecule has 144 valence electrons. The van der Waals surface area contributed by atoms with E-state index in [-0.39, 0.29) is 30.9 Å². The first-order chi connectivity index (χ1) is 13.5. The van der Waals surface area contributed by atoms with E-state index in [0.29, 0.717) is 23.5 Å². The molecule has 0 bridgehead atoms. The Bertz CT molecular complexity index is 969. The summed E-state index contributed by atoms with van der Waals surface area (Å²) in [5, 5.41) is 10.6. The quantitative estimate of drug-likeness (QED) is 0.573. The summed E-state index contributed by atoms with van der Waals surface area (Å²) in [6.07, 6.45) is -0.0479. The van der Waals surface area contributed by atoms with E-state index in [2.05, 4.69) is 0 Å². The summed E-state index contributed by atoms with van der Waals surface area (Å²) in [5.74, 6) is -1.48. The van der Waals surface area contributed by atoms with Crippen molar-refractivity contribution in [3.8, 4) is 11.5 Å². The van der Waals surface area contributed by atoms with Crippen molar-refractivity contribution in [2.24, 2.45) is 17.8 Å². The normalized spacial score (nSPS) is 37.4. The van der Waals surface area contributed by atoms with Gasteiger partial charge in [-0.15, -0.1) is 0 Å².